The molecule has 17 heavy (non-hydrogen) atoms. The summed E-state index contributed by atoms with van der Waals surface area (Å²) >= 11 is 0. The fourth-order valence-electron chi connectivity index (χ4n) is 1.80. The van der Waals surface area contributed by atoms with E-state index in [2.05, 4.69) is 17.1 Å². The molecule has 0 saturated carbocycles. The van der Waals surface area contributed by atoms with E-state index in [1.807, 2.05) is 6.92 Å². The summed E-state index contributed by atoms with van der Waals surface area (Å²) in [5, 5.41) is 2.96. The molecule has 1 unspecified atom stereocenters. The predicted molar refractivity (Wildman–Crippen MR) is 66.6 cm³/mol. The summed E-state index contributed by atoms with van der Waals surface area (Å²) < 4.78 is 0. The van der Waals surface area contributed by atoms with Gasteiger partial charge in [-0.3, -0.25) is 14.5 Å². The average Bonchev–Trinajstić information content (AvgIpc) is 2.36. The highest BCUT2D eigenvalue weighted by molar-refractivity contribution is 5.76. The molecule has 1 atom stereocenters. The lowest BCUT2D eigenvalue weighted by Gasteiger charge is -2.32. The van der Waals surface area contributed by atoms with Gasteiger partial charge in [0.05, 0.1) is 0 Å². The van der Waals surface area contributed by atoms with Gasteiger partial charge in [0.2, 0.25) is 12.3 Å². The highest BCUT2D eigenvalue weighted by atomic mass is 16.1. The van der Waals surface area contributed by atoms with E-state index in [0.717, 1.165) is 45.6 Å². The summed E-state index contributed by atoms with van der Waals surface area (Å²) in [6.07, 6.45) is 2.40. The highest BCUT2D eigenvalue weighted by Gasteiger charge is 2.16. The molecular weight excluding hydrogens is 218 g/mol. The molecule has 1 rings (SSSR count). The summed E-state index contributed by atoms with van der Waals surface area (Å²) in [4.78, 5) is 26.1. The molecule has 0 radical (unpaired) electrons. The van der Waals surface area contributed by atoms with Crippen LogP contribution < -0.4 is 5.32 Å². The van der Waals surface area contributed by atoms with Gasteiger partial charge in [0, 0.05) is 45.2 Å². The zero-order chi connectivity index (χ0) is 12.7. The van der Waals surface area contributed by atoms with Crippen LogP contribution in [-0.2, 0) is 9.59 Å². The molecule has 1 fully saturated rings. The second-order valence-corrected chi connectivity index (χ2v) is 4.61. The molecule has 98 valence electrons. The van der Waals surface area contributed by atoms with Crippen molar-refractivity contribution in [2.75, 3.05) is 32.7 Å². The topological polar surface area (TPSA) is 52.7 Å². The summed E-state index contributed by atoms with van der Waals surface area (Å²) in [6, 6.07) is 0.259. The Morgan fingerprint density at radius 2 is 2.00 bits per heavy atom. The van der Waals surface area contributed by atoms with Crippen molar-refractivity contribution in [2.24, 2.45) is 0 Å². The van der Waals surface area contributed by atoms with E-state index in [-0.39, 0.29) is 11.9 Å². The minimum Gasteiger partial charge on any atom is -0.354 e. The van der Waals surface area contributed by atoms with E-state index in [0.29, 0.717) is 6.42 Å². The third-order valence-corrected chi connectivity index (χ3v) is 3.23. The lowest BCUT2D eigenvalue weighted by molar-refractivity contribution is -0.123. The number of rotatable bonds is 6. The molecule has 1 saturated heterocycles. The molecule has 0 aliphatic carbocycles. The van der Waals surface area contributed by atoms with Crippen molar-refractivity contribution in [3.63, 3.8) is 0 Å². The maximum atomic E-state index is 11.6. The third kappa shape index (κ3) is 5.17. The van der Waals surface area contributed by atoms with E-state index in [9.17, 15) is 9.59 Å². The number of carbonyl (C=O) groups excluding carboxylic acids is 2. The molecule has 5 nitrogen and oxygen atoms in total. The Kier molecular flexibility index (Phi) is 5.97. The Bertz CT molecular complexity index is 250. The smallest absolute Gasteiger partial charge is 0.221 e. The monoisotopic (exact) mass is 241 g/mol. The zero-order valence-electron chi connectivity index (χ0n) is 10.8. The largest absolute Gasteiger partial charge is 0.354 e. The number of amides is 2. The zero-order valence-corrected chi connectivity index (χ0v) is 10.8. The van der Waals surface area contributed by atoms with Crippen LogP contribution in [0.2, 0.25) is 0 Å². The van der Waals surface area contributed by atoms with Crippen molar-refractivity contribution >= 4 is 12.3 Å². The van der Waals surface area contributed by atoms with Gasteiger partial charge in [-0.25, -0.2) is 0 Å². The summed E-state index contributed by atoms with van der Waals surface area (Å²) in [6.45, 7) is 8.15. The van der Waals surface area contributed by atoms with Gasteiger partial charge in [0.1, 0.15) is 0 Å². The first-order chi connectivity index (χ1) is 8.15. The summed E-state index contributed by atoms with van der Waals surface area (Å²) in [7, 11) is 0. The Labute approximate surface area is 103 Å². The lowest BCUT2D eigenvalue weighted by Crippen LogP contribution is -2.46. The van der Waals surface area contributed by atoms with E-state index < -0.39 is 0 Å². The van der Waals surface area contributed by atoms with Gasteiger partial charge in [-0.1, -0.05) is 6.92 Å². The Hall–Kier alpha value is -1.10. The van der Waals surface area contributed by atoms with E-state index in [1.54, 1.807) is 4.90 Å². The van der Waals surface area contributed by atoms with Crippen molar-refractivity contribution in [2.45, 2.75) is 32.7 Å². The van der Waals surface area contributed by atoms with Crippen LogP contribution in [0.15, 0.2) is 0 Å². The van der Waals surface area contributed by atoms with E-state index >= 15 is 0 Å². The Balaban J connectivity index is 2.14. The number of piperazine rings is 1. The maximum Gasteiger partial charge on any atom is 0.221 e. The van der Waals surface area contributed by atoms with Gasteiger partial charge in [0.25, 0.3) is 0 Å². The minimum atomic E-state index is 0.122. The minimum absolute atomic E-state index is 0.122. The molecule has 1 N–H and O–H groups in total. The quantitative estimate of drug-likeness (QED) is 0.669. The van der Waals surface area contributed by atoms with Crippen LogP contribution in [0.25, 0.3) is 0 Å². The van der Waals surface area contributed by atoms with E-state index in [1.165, 1.54) is 0 Å². The summed E-state index contributed by atoms with van der Waals surface area (Å²) in [5.74, 6) is 0.122. The van der Waals surface area contributed by atoms with Gasteiger partial charge in [-0.05, 0) is 13.3 Å². The standard InChI is InChI=1S/C12H23N3O2/c1-3-11(2)13-12(17)4-5-14-6-8-15(10-16)9-7-14/h10-11H,3-9H2,1-2H3,(H,13,17). The molecule has 2 amide bonds. The number of nitrogens with one attached hydrogen (secondary N) is 1. The number of carbonyl (C=O) groups is 2. The van der Waals surface area contributed by atoms with Gasteiger partial charge in [0.15, 0.2) is 0 Å². The molecule has 0 aromatic rings. The number of nitrogens with zero attached hydrogens (tertiary/aromatic N) is 2. The van der Waals surface area contributed by atoms with Gasteiger partial charge in [-0.15, -0.1) is 0 Å². The molecular formula is C12H23N3O2. The maximum absolute atomic E-state index is 11.6. The van der Waals surface area contributed by atoms with E-state index in [4.69, 9.17) is 0 Å². The average molecular weight is 241 g/mol. The van der Waals surface area contributed by atoms with Crippen LogP contribution in [-0.4, -0.2) is 60.9 Å². The van der Waals surface area contributed by atoms with Crippen LogP contribution in [0.4, 0.5) is 0 Å². The molecule has 1 aliphatic heterocycles. The summed E-state index contributed by atoms with van der Waals surface area (Å²) in [5.41, 5.74) is 0. The fourth-order valence-corrected chi connectivity index (χ4v) is 1.80. The highest BCUT2D eigenvalue weighted by Crippen LogP contribution is 2.00. The van der Waals surface area contributed by atoms with Crippen molar-refractivity contribution in [1.82, 2.24) is 15.1 Å². The second-order valence-electron chi connectivity index (χ2n) is 4.61. The SMILES string of the molecule is CCC(C)NC(=O)CCN1CCN(C=O)CC1. The molecule has 0 spiro atoms. The van der Waals surface area contributed by atoms with Crippen LogP contribution in [0.1, 0.15) is 26.7 Å². The molecule has 1 heterocycles. The van der Waals surface area contributed by atoms with Crippen molar-refractivity contribution in [3.8, 4) is 0 Å². The van der Waals surface area contributed by atoms with Crippen LogP contribution in [0.5, 0.6) is 0 Å². The number of hydrogen-bond acceptors (Lipinski definition) is 3. The Morgan fingerprint density at radius 3 is 2.53 bits per heavy atom. The first-order valence-electron chi connectivity index (χ1n) is 6.36. The van der Waals surface area contributed by atoms with Gasteiger partial charge < -0.3 is 10.2 Å². The van der Waals surface area contributed by atoms with Crippen molar-refractivity contribution in [1.29, 1.82) is 0 Å². The lowest BCUT2D eigenvalue weighted by atomic mass is 10.2. The molecule has 0 aromatic carbocycles. The Morgan fingerprint density at radius 1 is 1.35 bits per heavy atom. The van der Waals surface area contributed by atoms with Gasteiger partial charge >= 0.3 is 0 Å². The second kappa shape index (κ2) is 7.27. The third-order valence-electron chi connectivity index (χ3n) is 3.23. The van der Waals surface area contributed by atoms with Crippen molar-refractivity contribution in [3.05, 3.63) is 0 Å². The van der Waals surface area contributed by atoms with Crippen molar-refractivity contribution < 1.29 is 9.59 Å². The predicted octanol–water partition coefficient (Wildman–Crippen LogP) is 0.0652. The molecule has 5 heteroatoms. The van der Waals surface area contributed by atoms with Crippen LogP contribution >= 0.6 is 0 Å². The van der Waals surface area contributed by atoms with Crippen LogP contribution in [0, 0.1) is 0 Å². The molecule has 0 aromatic heterocycles. The molecule has 1 aliphatic rings. The molecule has 0 bridgehead atoms. The fraction of sp³-hybridized carbons (Fsp3) is 0.833. The van der Waals surface area contributed by atoms with Crippen LogP contribution in [0.3, 0.4) is 0 Å². The van der Waals surface area contributed by atoms with Gasteiger partial charge in [-0.2, -0.15) is 0 Å². The first-order valence-corrected chi connectivity index (χ1v) is 6.36. The first kappa shape index (κ1) is 14.0. The number of hydrogen-bond donors (Lipinski definition) is 1. The normalized spacial score (nSPS) is 18.8.